The second kappa shape index (κ2) is 4.63. The summed E-state index contributed by atoms with van der Waals surface area (Å²) in [4.78, 5) is 0. The number of ether oxygens (including phenoxy) is 1. The van der Waals surface area contributed by atoms with Gasteiger partial charge in [0.15, 0.2) is 0 Å². The van der Waals surface area contributed by atoms with Gasteiger partial charge in [0.1, 0.15) is 0 Å². The average molecular weight is 170 g/mol. The van der Waals surface area contributed by atoms with Gasteiger partial charge in [0.25, 0.3) is 0 Å². The van der Waals surface area contributed by atoms with Crippen LogP contribution in [0.3, 0.4) is 0 Å². The Kier molecular flexibility index (Phi) is 3.76. The highest BCUT2D eigenvalue weighted by Crippen LogP contribution is 2.17. The average Bonchev–Trinajstić information content (AvgIpc) is 2.51. The molecule has 1 N–H and O–H groups in total. The standard InChI is InChI=1S/C10H18O2/c1-8(2)9(7-11)6-10-4-3-5-12-10/h6,8,10-11H,3-5,7H2,1-2H3. The zero-order valence-corrected chi connectivity index (χ0v) is 7.92. The van der Waals surface area contributed by atoms with E-state index in [1.807, 2.05) is 0 Å². The summed E-state index contributed by atoms with van der Waals surface area (Å²) in [7, 11) is 0. The summed E-state index contributed by atoms with van der Waals surface area (Å²) in [5.41, 5.74) is 1.10. The van der Waals surface area contributed by atoms with E-state index in [2.05, 4.69) is 19.9 Å². The molecule has 1 heterocycles. The van der Waals surface area contributed by atoms with E-state index in [1.54, 1.807) is 0 Å². The van der Waals surface area contributed by atoms with Crippen molar-refractivity contribution in [1.82, 2.24) is 0 Å². The molecule has 1 aliphatic heterocycles. The van der Waals surface area contributed by atoms with Gasteiger partial charge >= 0.3 is 0 Å². The normalized spacial score (nSPS) is 25.3. The molecule has 1 saturated heterocycles. The topological polar surface area (TPSA) is 29.5 Å². The molecule has 2 heteroatoms. The molecule has 0 radical (unpaired) electrons. The monoisotopic (exact) mass is 170 g/mol. The molecule has 1 rings (SSSR count). The first-order chi connectivity index (χ1) is 5.74. The maximum absolute atomic E-state index is 9.03. The van der Waals surface area contributed by atoms with Crippen LogP contribution < -0.4 is 0 Å². The second-order valence-corrected chi connectivity index (χ2v) is 3.61. The Morgan fingerprint density at radius 1 is 1.67 bits per heavy atom. The minimum atomic E-state index is 0.164. The van der Waals surface area contributed by atoms with Crippen molar-refractivity contribution in [2.45, 2.75) is 32.8 Å². The van der Waals surface area contributed by atoms with Crippen LogP contribution >= 0.6 is 0 Å². The van der Waals surface area contributed by atoms with Gasteiger partial charge in [0.2, 0.25) is 0 Å². The molecule has 1 atom stereocenters. The van der Waals surface area contributed by atoms with Gasteiger partial charge < -0.3 is 9.84 Å². The van der Waals surface area contributed by atoms with Gasteiger partial charge in [-0.25, -0.2) is 0 Å². The van der Waals surface area contributed by atoms with Crippen LogP contribution in [0.1, 0.15) is 26.7 Å². The van der Waals surface area contributed by atoms with Crippen LogP contribution in [0.5, 0.6) is 0 Å². The summed E-state index contributed by atoms with van der Waals surface area (Å²) in [6.07, 6.45) is 4.60. The van der Waals surface area contributed by atoms with Gasteiger partial charge in [-0.3, -0.25) is 0 Å². The molecule has 0 aliphatic carbocycles. The fourth-order valence-electron chi connectivity index (χ4n) is 1.40. The molecule has 1 unspecified atom stereocenters. The van der Waals surface area contributed by atoms with Gasteiger partial charge in [0, 0.05) is 6.61 Å². The smallest absolute Gasteiger partial charge is 0.0760 e. The van der Waals surface area contributed by atoms with Gasteiger partial charge in [-0.05, 0) is 24.3 Å². The lowest BCUT2D eigenvalue weighted by Gasteiger charge is -2.11. The molecule has 2 nitrogen and oxygen atoms in total. The van der Waals surface area contributed by atoms with Gasteiger partial charge in [0.05, 0.1) is 12.7 Å². The lowest BCUT2D eigenvalue weighted by molar-refractivity contribution is 0.143. The van der Waals surface area contributed by atoms with E-state index in [0.717, 1.165) is 25.0 Å². The van der Waals surface area contributed by atoms with Crippen LogP contribution in [-0.4, -0.2) is 24.4 Å². The number of aliphatic hydroxyl groups is 1. The molecule has 70 valence electrons. The Bertz CT molecular complexity index is 155. The van der Waals surface area contributed by atoms with Crippen molar-refractivity contribution < 1.29 is 9.84 Å². The molecule has 0 saturated carbocycles. The fraction of sp³-hybridized carbons (Fsp3) is 0.800. The fourth-order valence-corrected chi connectivity index (χ4v) is 1.40. The summed E-state index contributed by atoms with van der Waals surface area (Å²) in [5, 5.41) is 9.03. The van der Waals surface area contributed by atoms with Crippen LogP contribution in [0.25, 0.3) is 0 Å². The largest absolute Gasteiger partial charge is 0.392 e. The van der Waals surface area contributed by atoms with E-state index in [4.69, 9.17) is 9.84 Å². The zero-order valence-electron chi connectivity index (χ0n) is 7.92. The van der Waals surface area contributed by atoms with E-state index in [-0.39, 0.29) is 12.7 Å². The van der Waals surface area contributed by atoms with Crippen molar-refractivity contribution >= 4 is 0 Å². The highest BCUT2D eigenvalue weighted by atomic mass is 16.5. The summed E-state index contributed by atoms with van der Waals surface area (Å²) < 4.78 is 5.45. The van der Waals surface area contributed by atoms with Crippen LogP contribution in [0.15, 0.2) is 11.6 Å². The first kappa shape index (κ1) is 9.75. The first-order valence-electron chi connectivity index (χ1n) is 4.67. The SMILES string of the molecule is CC(C)C(=CC1CCCO1)CO. The summed E-state index contributed by atoms with van der Waals surface area (Å²) in [6.45, 7) is 5.23. The molecule has 0 amide bonds. The zero-order chi connectivity index (χ0) is 8.97. The Balaban J connectivity index is 2.50. The third-order valence-electron chi connectivity index (χ3n) is 2.29. The van der Waals surface area contributed by atoms with Crippen LogP contribution in [0.4, 0.5) is 0 Å². The molecule has 12 heavy (non-hydrogen) atoms. The highest BCUT2D eigenvalue weighted by Gasteiger charge is 2.14. The molecule has 0 bridgehead atoms. The maximum Gasteiger partial charge on any atom is 0.0760 e. The maximum atomic E-state index is 9.03. The van der Waals surface area contributed by atoms with E-state index in [9.17, 15) is 0 Å². The summed E-state index contributed by atoms with van der Waals surface area (Å²) in [5.74, 6) is 0.430. The molecular weight excluding hydrogens is 152 g/mol. The Morgan fingerprint density at radius 2 is 2.42 bits per heavy atom. The predicted molar refractivity (Wildman–Crippen MR) is 49.0 cm³/mol. The van der Waals surface area contributed by atoms with Crippen LogP contribution in [0, 0.1) is 5.92 Å². The van der Waals surface area contributed by atoms with Crippen molar-refractivity contribution in [2.24, 2.45) is 5.92 Å². The lowest BCUT2D eigenvalue weighted by Crippen LogP contribution is -2.07. The van der Waals surface area contributed by atoms with Crippen molar-refractivity contribution in [1.29, 1.82) is 0 Å². The Hall–Kier alpha value is -0.340. The molecular formula is C10H18O2. The first-order valence-corrected chi connectivity index (χ1v) is 4.67. The second-order valence-electron chi connectivity index (χ2n) is 3.61. The van der Waals surface area contributed by atoms with Gasteiger partial charge in [-0.1, -0.05) is 19.9 Å². The molecule has 0 aromatic carbocycles. The Labute approximate surface area is 74.2 Å². The Morgan fingerprint density at radius 3 is 2.83 bits per heavy atom. The van der Waals surface area contributed by atoms with E-state index in [0.29, 0.717) is 5.92 Å². The lowest BCUT2D eigenvalue weighted by atomic mass is 10.0. The summed E-state index contributed by atoms with van der Waals surface area (Å²) in [6, 6.07) is 0. The number of hydrogen-bond donors (Lipinski definition) is 1. The minimum absolute atomic E-state index is 0.164. The third-order valence-corrected chi connectivity index (χ3v) is 2.29. The number of hydrogen-bond acceptors (Lipinski definition) is 2. The quantitative estimate of drug-likeness (QED) is 0.654. The van der Waals surface area contributed by atoms with Crippen LogP contribution in [0.2, 0.25) is 0 Å². The van der Waals surface area contributed by atoms with Crippen molar-refractivity contribution in [3.05, 3.63) is 11.6 Å². The minimum Gasteiger partial charge on any atom is -0.392 e. The predicted octanol–water partition coefficient (Wildman–Crippen LogP) is 1.74. The summed E-state index contributed by atoms with van der Waals surface area (Å²) >= 11 is 0. The van der Waals surface area contributed by atoms with Crippen LogP contribution in [-0.2, 0) is 4.74 Å². The highest BCUT2D eigenvalue weighted by molar-refractivity contribution is 5.08. The molecule has 0 aromatic rings. The van der Waals surface area contributed by atoms with Gasteiger partial charge in [-0.2, -0.15) is 0 Å². The van der Waals surface area contributed by atoms with E-state index < -0.39 is 0 Å². The molecule has 0 spiro atoms. The number of rotatable bonds is 3. The molecule has 1 fully saturated rings. The van der Waals surface area contributed by atoms with E-state index >= 15 is 0 Å². The number of aliphatic hydroxyl groups excluding tert-OH is 1. The van der Waals surface area contributed by atoms with Crippen molar-refractivity contribution in [3.63, 3.8) is 0 Å². The molecule has 1 aliphatic rings. The third kappa shape index (κ3) is 2.61. The van der Waals surface area contributed by atoms with Gasteiger partial charge in [-0.15, -0.1) is 0 Å². The molecule has 0 aromatic heterocycles. The van der Waals surface area contributed by atoms with Crippen molar-refractivity contribution in [3.8, 4) is 0 Å². The van der Waals surface area contributed by atoms with E-state index in [1.165, 1.54) is 0 Å². The van der Waals surface area contributed by atoms with Crippen molar-refractivity contribution in [2.75, 3.05) is 13.2 Å².